The third-order valence-electron chi connectivity index (χ3n) is 6.51. The van der Waals surface area contributed by atoms with Crippen molar-refractivity contribution >= 4 is 23.4 Å². The number of nitrogens with zero attached hydrogens (tertiary/aromatic N) is 2. The number of nitrogens with one attached hydrogen (secondary N) is 2. The highest BCUT2D eigenvalue weighted by Gasteiger charge is 2.43. The average Bonchev–Trinajstić information content (AvgIpc) is 3.18. The lowest BCUT2D eigenvalue weighted by molar-refractivity contribution is -0.133. The third-order valence-corrected chi connectivity index (χ3v) is 6.74. The molecule has 3 unspecified atom stereocenters. The molecule has 0 spiro atoms. The Kier molecular flexibility index (Phi) is 6.73. The summed E-state index contributed by atoms with van der Waals surface area (Å²) in [5, 5.41) is 7.38. The Morgan fingerprint density at radius 3 is 2.86 bits per heavy atom. The number of benzene rings is 1. The normalized spacial score (nSPS) is 27.6. The number of amides is 2. The third kappa shape index (κ3) is 5.11. The summed E-state index contributed by atoms with van der Waals surface area (Å²) in [6, 6.07) is 8.28. The van der Waals surface area contributed by atoms with Gasteiger partial charge in [-0.05, 0) is 49.8 Å². The van der Waals surface area contributed by atoms with Gasteiger partial charge in [-0.3, -0.25) is 14.5 Å². The predicted molar refractivity (Wildman–Crippen MR) is 114 cm³/mol. The number of carbonyl (C=O) groups excluding carboxylic acids is 2. The molecule has 1 aromatic carbocycles. The van der Waals surface area contributed by atoms with Crippen LogP contribution >= 0.6 is 11.6 Å². The summed E-state index contributed by atoms with van der Waals surface area (Å²) < 4.78 is 0. The molecule has 3 saturated heterocycles. The molecule has 3 aliphatic heterocycles. The fourth-order valence-electron chi connectivity index (χ4n) is 4.89. The smallest absolute Gasteiger partial charge is 0.237 e. The van der Waals surface area contributed by atoms with Crippen LogP contribution in [0.1, 0.15) is 44.1 Å². The molecule has 7 heteroatoms. The topological polar surface area (TPSA) is 64.7 Å². The van der Waals surface area contributed by atoms with E-state index < -0.39 is 0 Å². The van der Waals surface area contributed by atoms with Gasteiger partial charge >= 0.3 is 0 Å². The van der Waals surface area contributed by atoms with E-state index in [1.807, 2.05) is 23.1 Å². The molecule has 158 valence electrons. The number of halogens is 1. The van der Waals surface area contributed by atoms with Crippen molar-refractivity contribution in [2.24, 2.45) is 0 Å². The summed E-state index contributed by atoms with van der Waals surface area (Å²) in [7, 11) is 0. The zero-order valence-electron chi connectivity index (χ0n) is 16.9. The zero-order valence-corrected chi connectivity index (χ0v) is 17.7. The molecule has 3 heterocycles. The number of carbonyl (C=O) groups is 2. The van der Waals surface area contributed by atoms with Crippen LogP contribution in [0.2, 0.25) is 5.02 Å². The summed E-state index contributed by atoms with van der Waals surface area (Å²) in [4.78, 5) is 29.3. The molecule has 6 nitrogen and oxygen atoms in total. The SMILES string of the molecule is O=C1NCC(CCC(=O)N2CCCCC2)N2CC(NCc3cccc(Cl)c3)CC12. The molecule has 3 fully saturated rings. The van der Waals surface area contributed by atoms with E-state index >= 15 is 0 Å². The molecular formula is C22H31ClN4O2. The first-order chi connectivity index (χ1) is 14.1. The molecule has 4 rings (SSSR count). The Labute approximate surface area is 177 Å². The van der Waals surface area contributed by atoms with Gasteiger partial charge in [-0.25, -0.2) is 0 Å². The minimum Gasteiger partial charge on any atom is -0.353 e. The van der Waals surface area contributed by atoms with Crippen LogP contribution in [0.15, 0.2) is 24.3 Å². The van der Waals surface area contributed by atoms with Crippen LogP contribution in [0, 0.1) is 0 Å². The lowest BCUT2D eigenvalue weighted by atomic mass is 10.0. The first kappa shape index (κ1) is 20.6. The largest absolute Gasteiger partial charge is 0.353 e. The van der Waals surface area contributed by atoms with Crippen molar-refractivity contribution in [3.05, 3.63) is 34.9 Å². The molecule has 0 bridgehead atoms. The van der Waals surface area contributed by atoms with Gasteiger partial charge in [0, 0.05) is 56.3 Å². The molecule has 3 atom stereocenters. The minimum atomic E-state index is -0.0873. The van der Waals surface area contributed by atoms with Crippen LogP contribution in [-0.4, -0.2) is 65.9 Å². The number of rotatable bonds is 6. The number of piperidine rings is 1. The van der Waals surface area contributed by atoms with Gasteiger partial charge in [0.05, 0.1) is 6.04 Å². The van der Waals surface area contributed by atoms with Crippen molar-refractivity contribution in [1.82, 2.24) is 20.4 Å². The molecule has 29 heavy (non-hydrogen) atoms. The lowest BCUT2D eigenvalue weighted by Gasteiger charge is -2.37. The molecule has 0 saturated carbocycles. The molecular weight excluding hydrogens is 388 g/mol. The van der Waals surface area contributed by atoms with Crippen molar-refractivity contribution in [2.45, 2.75) is 63.2 Å². The summed E-state index contributed by atoms with van der Waals surface area (Å²) in [5.41, 5.74) is 1.15. The van der Waals surface area contributed by atoms with E-state index in [1.165, 1.54) is 6.42 Å². The second kappa shape index (κ2) is 9.45. The van der Waals surface area contributed by atoms with Gasteiger partial charge in [-0.15, -0.1) is 0 Å². The quantitative estimate of drug-likeness (QED) is 0.743. The maximum absolute atomic E-state index is 12.5. The van der Waals surface area contributed by atoms with Crippen LogP contribution in [0.4, 0.5) is 0 Å². The Morgan fingerprint density at radius 1 is 1.24 bits per heavy atom. The molecule has 0 radical (unpaired) electrons. The first-order valence-corrected chi connectivity index (χ1v) is 11.3. The molecule has 1 aromatic rings. The number of piperazine rings is 1. The fourth-order valence-corrected chi connectivity index (χ4v) is 5.11. The van der Waals surface area contributed by atoms with E-state index in [9.17, 15) is 9.59 Å². The molecule has 0 aliphatic carbocycles. The predicted octanol–water partition coefficient (Wildman–Crippen LogP) is 2.16. The second-order valence-corrected chi connectivity index (χ2v) is 8.97. The molecule has 0 aromatic heterocycles. The van der Waals surface area contributed by atoms with Crippen LogP contribution in [-0.2, 0) is 16.1 Å². The van der Waals surface area contributed by atoms with Gasteiger partial charge in [0.1, 0.15) is 0 Å². The van der Waals surface area contributed by atoms with Gasteiger partial charge in [-0.1, -0.05) is 23.7 Å². The maximum atomic E-state index is 12.5. The zero-order chi connectivity index (χ0) is 20.2. The van der Waals surface area contributed by atoms with E-state index in [-0.39, 0.29) is 29.9 Å². The number of fused-ring (bicyclic) bond motifs is 1. The Hall–Kier alpha value is -1.63. The first-order valence-electron chi connectivity index (χ1n) is 10.9. The van der Waals surface area contributed by atoms with E-state index in [0.717, 1.165) is 62.4 Å². The Balaban J connectivity index is 1.30. The van der Waals surface area contributed by atoms with Crippen molar-refractivity contribution < 1.29 is 9.59 Å². The minimum absolute atomic E-state index is 0.0873. The summed E-state index contributed by atoms with van der Waals surface area (Å²) in [6.07, 6.45) is 5.68. The van der Waals surface area contributed by atoms with Crippen molar-refractivity contribution in [1.29, 1.82) is 0 Å². The molecule has 3 aliphatic rings. The van der Waals surface area contributed by atoms with E-state index in [4.69, 9.17) is 11.6 Å². The van der Waals surface area contributed by atoms with Crippen molar-refractivity contribution in [3.63, 3.8) is 0 Å². The van der Waals surface area contributed by atoms with Crippen molar-refractivity contribution in [3.8, 4) is 0 Å². The average molecular weight is 419 g/mol. The highest BCUT2D eigenvalue weighted by atomic mass is 35.5. The summed E-state index contributed by atoms with van der Waals surface area (Å²) >= 11 is 6.07. The molecule has 2 N–H and O–H groups in total. The highest BCUT2D eigenvalue weighted by molar-refractivity contribution is 6.30. The maximum Gasteiger partial charge on any atom is 0.237 e. The van der Waals surface area contributed by atoms with Gasteiger partial charge in [0.25, 0.3) is 0 Å². The Bertz CT molecular complexity index is 737. The lowest BCUT2D eigenvalue weighted by Crippen LogP contribution is -2.58. The summed E-state index contributed by atoms with van der Waals surface area (Å²) in [5.74, 6) is 0.392. The van der Waals surface area contributed by atoms with Gasteiger partial charge in [0.15, 0.2) is 0 Å². The highest BCUT2D eigenvalue weighted by Crippen LogP contribution is 2.26. The van der Waals surface area contributed by atoms with E-state index in [2.05, 4.69) is 21.6 Å². The van der Waals surface area contributed by atoms with E-state index in [1.54, 1.807) is 0 Å². The second-order valence-electron chi connectivity index (χ2n) is 8.54. The monoisotopic (exact) mass is 418 g/mol. The fraction of sp³-hybridized carbons (Fsp3) is 0.636. The van der Waals surface area contributed by atoms with Crippen molar-refractivity contribution in [2.75, 3.05) is 26.2 Å². The van der Waals surface area contributed by atoms with Crippen LogP contribution in [0.5, 0.6) is 0 Å². The summed E-state index contributed by atoms with van der Waals surface area (Å²) in [6.45, 7) is 4.04. The van der Waals surface area contributed by atoms with Crippen LogP contribution in [0.25, 0.3) is 0 Å². The molecule has 2 amide bonds. The van der Waals surface area contributed by atoms with E-state index in [0.29, 0.717) is 13.0 Å². The number of hydrogen-bond acceptors (Lipinski definition) is 4. The van der Waals surface area contributed by atoms with Gasteiger partial charge < -0.3 is 15.5 Å². The van der Waals surface area contributed by atoms with Gasteiger partial charge in [-0.2, -0.15) is 0 Å². The number of likely N-dealkylation sites (tertiary alicyclic amines) is 1. The number of hydrogen-bond donors (Lipinski definition) is 2. The van der Waals surface area contributed by atoms with Crippen LogP contribution < -0.4 is 10.6 Å². The van der Waals surface area contributed by atoms with Crippen LogP contribution in [0.3, 0.4) is 0 Å². The van der Waals surface area contributed by atoms with Gasteiger partial charge in [0.2, 0.25) is 11.8 Å². The Morgan fingerprint density at radius 2 is 2.07 bits per heavy atom. The standard InChI is InChI=1S/C22H31ClN4O2/c23-17-6-4-5-16(11-17)13-24-18-12-20-22(29)25-14-19(27(20)15-18)7-8-21(28)26-9-2-1-3-10-26/h4-6,11,18-20,24H,1-3,7-10,12-15H2,(H,25,29).